The SMILES string of the molecule is CSC(C)(C)CNCc1cnc(C)[nH]1. The van der Waals surface area contributed by atoms with Gasteiger partial charge in [0, 0.05) is 29.7 Å². The van der Waals surface area contributed by atoms with Crippen molar-refractivity contribution in [2.75, 3.05) is 12.8 Å². The molecule has 0 amide bonds. The smallest absolute Gasteiger partial charge is 0.103 e. The minimum Gasteiger partial charge on any atom is -0.345 e. The number of imidazole rings is 1. The fraction of sp³-hybridized carbons (Fsp3) is 0.700. The Labute approximate surface area is 90.1 Å². The van der Waals surface area contributed by atoms with Gasteiger partial charge in [-0.1, -0.05) is 0 Å². The van der Waals surface area contributed by atoms with Crippen LogP contribution in [0.4, 0.5) is 0 Å². The molecule has 3 nitrogen and oxygen atoms in total. The van der Waals surface area contributed by atoms with E-state index in [0.717, 1.165) is 24.6 Å². The van der Waals surface area contributed by atoms with E-state index in [4.69, 9.17) is 0 Å². The molecule has 0 aromatic carbocycles. The fourth-order valence-electron chi connectivity index (χ4n) is 1.13. The van der Waals surface area contributed by atoms with Gasteiger partial charge in [-0.15, -0.1) is 0 Å². The van der Waals surface area contributed by atoms with Crippen LogP contribution in [0, 0.1) is 6.92 Å². The second kappa shape index (κ2) is 4.84. The lowest BCUT2D eigenvalue weighted by Gasteiger charge is -2.21. The molecule has 1 heterocycles. The summed E-state index contributed by atoms with van der Waals surface area (Å²) in [6.07, 6.45) is 4.02. The third kappa shape index (κ3) is 3.72. The van der Waals surface area contributed by atoms with Crippen molar-refractivity contribution in [1.29, 1.82) is 0 Å². The van der Waals surface area contributed by atoms with Gasteiger partial charge in [0.25, 0.3) is 0 Å². The molecule has 1 aromatic heterocycles. The van der Waals surface area contributed by atoms with Gasteiger partial charge in [-0.3, -0.25) is 0 Å². The van der Waals surface area contributed by atoms with Crippen LogP contribution >= 0.6 is 11.8 Å². The first-order valence-corrected chi connectivity index (χ1v) is 6.02. The molecule has 2 N–H and O–H groups in total. The summed E-state index contributed by atoms with van der Waals surface area (Å²) in [5, 5.41) is 3.41. The largest absolute Gasteiger partial charge is 0.345 e. The zero-order valence-electron chi connectivity index (χ0n) is 9.35. The molecular formula is C10H19N3S. The Hall–Kier alpha value is -0.480. The molecule has 1 aromatic rings. The number of hydrogen-bond donors (Lipinski definition) is 2. The van der Waals surface area contributed by atoms with E-state index in [-0.39, 0.29) is 0 Å². The molecule has 1 rings (SSSR count). The summed E-state index contributed by atoms with van der Waals surface area (Å²) in [6, 6.07) is 0. The number of aromatic nitrogens is 2. The number of nitrogens with one attached hydrogen (secondary N) is 2. The lowest BCUT2D eigenvalue weighted by Crippen LogP contribution is -2.31. The highest BCUT2D eigenvalue weighted by Gasteiger charge is 2.14. The Kier molecular flexibility index (Phi) is 4.01. The first-order valence-electron chi connectivity index (χ1n) is 4.80. The van der Waals surface area contributed by atoms with Crippen LogP contribution in [0.15, 0.2) is 6.20 Å². The van der Waals surface area contributed by atoms with Crippen molar-refractivity contribution < 1.29 is 0 Å². The van der Waals surface area contributed by atoms with Crippen molar-refractivity contribution in [2.45, 2.75) is 32.1 Å². The van der Waals surface area contributed by atoms with Crippen molar-refractivity contribution in [3.05, 3.63) is 17.7 Å². The maximum absolute atomic E-state index is 4.15. The lowest BCUT2D eigenvalue weighted by molar-refractivity contribution is 0.586. The summed E-state index contributed by atoms with van der Waals surface area (Å²) in [5.74, 6) is 0.978. The summed E-state index contributed by atoms with van der Waals surface area (Å²) >= 11 is 1.88. The fourth-order valence-corrected chi connectivity index (χ4v) is 1.38. The third-order valence-corrected chi connectivity index (χ3v) is 3.42. The van der Waals surface area contributed by atoms with Gasteiger partial charge in [-0.25, -0.2) is 4.98 Å². The third-order valence-electron chi connectivity index (χ3n) is 2.17. The molecule has 0 fully saturated rings. The molecule has 14 heavy (non-hydrogen) atoms. The van der Waals surface area contributed by atoms with Gasteiger partial charge in [-0.05, 0) is 27.0 Å². The number of aryl methyl sites for hydroxylation is 1. The number of H-pyrrole nitrogens is 1. The average molecular weight is 213 g/mol. The molecule has 0 saturated carbocycles. The molecule has 80 valence electrons. The predicted octanol–water partition coefficient (Wildman–Crippen LogP) is 1.95. The number of rotatable bonds is 5. The molecule has 4 heteroatoms. The molecule has 0 aliphatic carbocycles. The zero-order valence-corrected chi connectivity index (χ0v) is 10.2. The molecule has 0 spiro atoms. The second-order valence-corrected chi connectivity index (χ2v) is 5.57. The number of aromatic amines is 1. The van der Waals surface area contributed by atoms with Gasteiger partial charge in [0.05, 0.1) is 0 Å². The van der Waals surface area contributed by atoms with Crippen molar-refractivity contribution in [1.82, 2.24) is 15.3 Å². The van der Waals surface area contributed by atoms with Gasteiger partial charge in [0.15, 0.2) is 0 Å². The quantitative estimate of drug-likeness (QED) is 0.785. The Bertz CT molecular complexity index is 281. The van der Waals surface area contributed by atoms with Gasteiger partial charge in [0.1, 0.15) is 5.82 Å². The Morgan fingerprint density at radius 2 is 2.29 bits per heavy atom. The molecule has 0 saturated heterocycles. The monoisotopic (exact) mass is 213 g/mol. The Morgan fingerprint density at radius 3 is 2.79 bits per heavy atom. The van der Waals surface area contributed by atoms with Crippen LogP contribution in [0.25, 0.3) is 0 Å². The first kappa shape index (κ1) is 11.6. The number of thioether (sulfide) groups is 1. The van der Waals surface area contributed by atoms with Crippen LogP contribution < -0.4 is 5.32 Å². The van der Waals surface area contributed by atoms with Crippen LogP contribution in [0.5, 0.6) is 0 Å². The van der Waals surface area contributed by atoms with E-state index in [2.05, 4.69) is 35.4 Å². The highest BCUT2D eigenvalue weighted by molar-refractivity contribution is 7.99. The van der Waals surface area contributed by atoms with E-state index in [0.29, 0.717) is 4.75 Å². The maximum Gasteiger partial charge on any atom is 0.103 e. The van der Waals surface area contributed by atoms with Crippen LogP contribution in [0.3, 0.4) is 0 Å². The molecule has 0 radical (unpaired) electrons. The van der Waals surface area contributed by atoms with E-state index in [9.17, 15) is 0 Å². The molecule has 0 atom stereocenters. The molecule has 0 aliphatic rings. The molecule has 0 aliphatic heterocycles. The van der Waals surface area contributed by atoms with E-state index in [1.54, 1.807) is 0 Å². The van der Waals surface area contributed by atoms with Crippen molar-refractivity contribution in [2.24, 2.45) is 0 Å². The molecule has 0 bridgehead atoms. The predicted molar refractivity (Wildman–Crippen MR) is 62.6 cm³/mol. The molecular weight excluding hydrogens is 194 g/mol. The average Bonchev–Trinajstić information content (AvgIpc) is 2.51. The summed E-state index contributed by atoms with van der Waals surface area (Å²) in [7, 11) is 0. The first-order chi connectivity index (χ1) is 6.53. The van der Waals surface area contributed by atoms with Crippen molar-refractivity contribution in [3.63, 3.8) is 0 Å². The standard InChI is InChI=1S/C10H19N3S/c1-8-12-6-9(13-8)5-11-7-10(2,3)14-4/h6,11H,5,7H2,1-4H3,(H,12,13). The Balaban J connectivity index is 2.28. The van der Waals surface area contributed by atoms with E-state index < -0.39 is 0 Å². The number of hydrogen-bond acceptors (Lipinski definition) is 3. The maximum atomic E-state index is 4.15. The number of nitrogens with zero attached hydrogens (tertiary/aromatic N) is 1. The Morgan fingerprint density at radius 1 is 1.57 bits per heavy atom. The summed E-state index contributed by atoms with van der Waals surface area (Å²) < 4.78 is 0.301. The normalized spacial score (nSPS) is 12.0. The van der Waals surface area contributed by atoms with E-state index in [1.165, 1.54) is 0 Å². The summed E-state index contributed by atoms with van der Waals surface area (Å²) in [6.45, 7) is 8.32. The van der Waals surface area contributed by atoms with Gasteiger partial charge >= 0.3 is 0 Å². The minimum atomic E-state index is 0.301. The van der Waals surface area contributed by atoms with Gasteiger partial charge < -0.3 is 10.3 Å². The van der Waals surface area contributed by atoms with Crippen molar-refractivity contribution >= 4 is 11.8 Å². The second-order valence-electron chi connectivity index (χ2n) is 4.06. The van der Waals surface area contributed by atoms with Crippen LogP contribution in [0.1, 0.15) is 25.4 Å². The van der Waals surface area contributed by atoms with Gasteiger partial charge in [0.2, 0.25) is 0 Å². The van der Waals surface area contributed by atoms with Crippen molar-refractivity contribution in [3.8, 4) is 0 Å². The lowest BCUT2D eigenvalue weighted by atomic mass is 10.2. The summed E-state index contributed by atoms with van der Waals surface area (Å²) in [5.41, 5.74) is 1.15. The van der Waals surface area contributed by atoms with E-state index >= 15 is 0 Å². The molecule has 0 unspecified atom stereocenters. The van der Waals surface area contributed by atoms with Crippen LogP contribution in [-0.2, 0) is 6.54 Å². The van der Waals surface area contributed by atoms with Crippen LogP contribution in [0.2, 0.25) is 0 Å². The van der Waals surface area contributed by atoms with E-state index in [1.807, 2.05) is 24.9 Å². The highest BCUT2D eigenvalue weighted by Crippen LogP contribution is 2.19. The topological polar surface area (TPSA) is 40.7 Å². The van der Waals surface area contributed by atoms with Crippen LogP contribution in [-0.4, -0.2) is 27.5 Å². The summed E-state index contributed by atoms with van der Waals surface area (Å²) in [4.78, 5) is 7.35. The minimum absolute atomic E-state index is 0.301. The van der Waals surface area contributed by atoms with Gasteiger partial charge in [-0.2, -0.15) is 11.8 Å². The zero-order chi connectivity index (χ0) is 10.6. The highest BCUT2D eigenvalue weighted by atomic mass is 32.2.